The van der Waals surface area contributed by atoms with Crippen molar-refractivity contribution in [3.8, 4) is 0 Å². The molecule has 0 unspecified atom stereocenters. The highest BCUT2D eigenvalue weighted by atomic mass is 32.1. The van der Waals surface area contributed by atoms with Crippen LogP contribution in [-0.2, 0) is 4.74 Å². The Morgan fingerprint density at radius 2 is 1.79 bits per heavy atom. The number of aromatic nitrogens is 1. The minimum Gasteiger partial charge on any atom is -0.378 e. The van der Waals surface area contributed by atoms with E-state index in [-0.39, 0.29) is 0 Å². The second kappa shape index (κ2) is 4.47. The minimum absolute atomic E-state index is 0.798. The van der Waals surface area contributed by atoms with Crippen LogP contribution in [0.4, 0.5) is 5.82 Å². The van der Waals surface area contributed by atoms with Gasteiger partial charge in [0, 0.05) is 18.5 Å². The van der Waals surface area contributed by atoms with Gasteiger partial charge >= 0.3 is 0 Å². The molecule has 1 aliphatic rings. The smallest absolute Gasteiger partial charge is 0.150 e. The van der Waals surface area contributed by atoms with E-state index >= 15 is 0 Å². The summed E-state index contributed by atoms with van der Waals surface area (Å²) in [5.41, 5.74) is 0. The number of ether oxygens (including phenoxy) is 1. The first-order valence-electron chi connectivity index (χ1n) is 6.53. The minimum atomic E-state index is 0.798. The number of benzene rings is 2. The Morgan fingerprint density at radius 3 is 2.58 bits per heavy atom. The summed E-state index contributed by atoms with van der Waals surface area (Å²) in [7, 11) is 0. The van der Waals surface area contributed by atoms with Gasteiger partial charge in [-0.25, -0.2) is 0 Å². The van der Waals surface area contributed by atoms with Crippen LogP contribution in [0.5, 0.6) is 0 Å². The molecule has 1 fully saturated rings. The number of morpholine rings is 1. The van der Waals surface area contributed by atoms with Crippen molar-refractivity contribution in [3.63, 3.8) is 0 Å². The molecule has 0 spiro atoms. The Bertz CT molecular complexity index is 731. The highest BCUT2D eigenvalue weighted by Crippen LogP contribution is 2.33. The predicted octanol–water partition coefficient (Wildman–Crippen LogP) is 3.29. The van der Waals surface area contributed by atoms with Crippen LogP contribution < -0.4 is 4.90 Å². The predicted molar refractivity (Wildman–Crippen MR) is 80.2 cm³/mol. The summed E-state index contributed by atoms with van der Waals surface area (Å²) in [5, 5.41) is 3.84. The molecule has 0 atom stereocenters. The van der Waals surface area contributed by atoms with E-state index in [4.69, 9.17) is 4.74 Å². The maximum absolute atomic E-state index is 5.41. The van der Waals surface area contributed by atoms with Gasteiger partial charge in [0.2, 0.25) is 0 Å². The Balaban J connectivity index is 1.89. The maximum Gasteiger partial charge on any atom is 0.150 e. The van der Waals surface area contributed by atoms with E-state index in [0.29, 0.717) is 0 Å². The molecule has 0 N–H and O–H groups in total. The molecule has 19 heavy (non-hydrogen) atoms. The summed E-state index contributed by atoms with van der Waals surface area (Å²) in [4.78, 5) is 2.33. The molecule has 2 heterocycles. The highest BCUT2D eigenvalue weighted by Gasteiger charge is 2.17. The lowest BCUT2D eigenvalue weighted by molar-refractivity contribution is 0.122. The third-order valence-electron chi connectivity index (χ3n) is 3.63. The normalized spacial score (nSPS) is 16.3. The van der Waals surface area contributed by atoms with Crippen molar-refractivity contribution in [1.29, 1.82) is 0 Å². The average Bonchev–Trinajstić information content (AvgIpc) is 2.88. The fourth-order valence-corrected chi connectivity index (χ4v) is 3.44. The molecule has 1 saturated heterocycles. The van der Waals surface area contributed by atoms with Crippen LogP contribution in [0.2, 0.25) is 0 Å². The van der Waals surface area contributed by atoms with Gasteiger partial charge in [-0.2, -0.15) is 4.37 Å². The van der Waals surface area contributed by atoms with Crippen LogP contribution in [0.15, 0.2) is 36.4 Å². The summed E-state index contributed by atoms with van der Waals surface area (Å²) in [6, 6.07) is 13.0. The van der Waals surface area contributed by atoms with E-state index < -0.39 is 0 Å². The first-order chi connectivity index (χ1) is 9.42. The molecule has 0 bridgehead atoms. The third-order valence-corrected chi connectivity index (χ3v) is 4.43. The molecule has 4 rings (SSSR count). The van der Waals surface area contributed by atoms with Gasteiger partial charge in [0.15, 0.2) is 0 Å². The molecule has 1 aromatic heterocycles. The van der Waals surface area contributed by atoms with Gasteiger partial charge in [-0.15, -0.1) is 0 Å². The summed E-state index contributed by atoms with van der Waals surface area (Å²) >= 11 is 1.59. The van der Waals surface area contributed by atoms with Crippen LogP contribution in [0.25, 0.3) is 20.9 Å². The summed E-state index contributed by atoms with van der Waals surface area (Å²) < 4.78 is 11.3. The monoisotopic (exact) mass is 270 g/mol. The van der Waals surface area contributed by atoms with Crippen molar-refractivity contribution in [2.75, 3.05) is 31.2 Å². The molecule has 4 heteroatoms. The van der Waals surface area contributed by atoms with Gasteiger partial charge < -0.3 is 9.64 Å². The lowest BCUT2D eigenvalue weighted by Crippen LogP contribution is -2.36. The van der Waals surface area contributed by atoms with Crippen LogP contribution in [0.1, 0.15) is 0 Å². The molecule has 1 aliphatic heterocycles. The second-order valence-electron chi connectivity index (χ2n) is 4.80. The number of nitrogens with zero attached hydrogens (tertiary/aromatic N) is 2. The van der Waals surface area contributed by atoms with E-state index in [1.165, 1.54) is 20.9 Å². The van der Waals surface area contributed by atoms with E-state index in [2.05, 4.69) is 45.7 Å². The zero-order chi connectivity index (χ0) is 12.7. The van der Waals surface area contributed by atoms with Crippen molar-refractivity contribution in [2.45, 2.75) is 0 Å². The molecule has 0 radical (unpaired) electrons. The van der Waals surface area contributed by atoms with Crippen LogP contribution in [0.3, 0.4) is 0 Å². The molecular formula is C15H14N2OS. The van der Waals surface area contributed by atoms with E-state index in [0.717, 1.165) is 32.1 Å². The molecule has 0 saturated carbocycles. The fraction of sp³-hybridized carbons (Fsp3) is 0.267. The van der Waals surface area contributed by atoms with Gasteiger partial charge in [0.25, 0.3) is 0 Å². The van der Waals surface area contributed by atoms with Gasteiger partial charge in [0.05, 0.1) is 17.9 Å². The lowest BCUT2D eigenvalue weighted by Gasteiger charge is -2.27. The topological polar surface area (TPSA) is 25.4 Å². The van der Waals surface area contributed by atoms with Crippen molar-refractivity contribution >= 4 is 38.2 Å². The Hall–Kier alpha value is -1.65. The van der Waals surface area contributed by atoms with Gasteiger partial charge in [0.1, 0.15) is 5.82 Å². The summed E-state index contributed by atoms with van der Waals surface area (Å²) in [5.74, 6) is 1.12. The molecule has 0 amide bonds. The van der Waals surface area contributed by atoms with Gasteiger partial charge in [-0.3, -0.25) is 0 Å². The van der Waals surface area contributed by atoms with Crippen molar-refractivity contribution in [3.05, 3.63) is 36.4 Å². The van der Waals surface area contributed by atoms with E-state index in [1.54, 1.807) is 11.5 Å². The second-order valence-corrected chi connectivity index (χ2v) is 5.61. The molecule has 2 aromatic carbocycles. The van der Waals surface area contributed by atoms with E-state index in [1.807, 2.05) is 0 Å². The average molecular weight is 270 g/mol. The highest BCUT2D eigenvalue weighted by molar-refractivity contribution is 7.13. The zero-order valence-electron chi connectivity index (χ0n) is 10.5. The van der Waals surface area contributed by atoms with Crippen molar-refractivity contribution in [2.24, 2.45) is 0 Å². The quantitative estimate of drug-likeness (QED) is 0.678. The van der Waals surface area contributed by atoms with Crippen LogP contribution in [0, 0.1) is 0 Å². The lowest BCUT2D eigenvalue weighted by atomic mass is 10.1. The molecular weight excluding hydrogens is 256 g/mol. The summed E-state index contributed by atoms with van der Waals surface area (Å²) in [6.45, 7) is 3.47. The first kappa shape index (κ1) is 11.2. The Morgan fingerprint density at radius 1 is 1.05 bits per heavy atom. The zero-order valence-corrected chi connectivity index (χ0v) is 11.3. The molecule has 3 nitrogen and oxygen atoms in total. The number of hydrogen-bond donors (Lipinski definition) is 0. The van der Waals surface area contributed by atoms with Crippen LogP contribution >= 0.6 is 11.5 Å². The van der Waals surface area contributed by atoms with Crippen molar-refractivity contribution < 1.29 is 4.74 Å². The van der Waals surface area contributed by atoms with Gasteiger partial charge in [-0.1, -0.05) is 24.3 Å². The number of fused-ring (bicyclic) bond motifs is 2. The first-order valence-corrected chi connectivity index (χ1v) is 7.30. The standard InChI is InChI=1S/C15H14N2OS/c1-2-4-12-10-14-13(9-11(12)3-1)15(16-19-14)17-5-7-18-8-6-17/h1-4,9-10H,5-8H2. The largest absolute Gasteiger partial charge is 0.378 e. The number of anilines is 1. The SMILES string of the molecule is c1ccc2cc3c(N4CCOCC4)nsc3cc2c1. The third kappa shape index (κ3) is 1.88. The number of rotatable bonds is 1. The Kier molecular flexibility index (Phi) is 2.64. The van der Waals surface area contributed by atoms with Crippen LogP contribution in [-0.4, -0.2) is 30.7 Å². The summed E-state index contributed by atoms with van der Waals surface area (Å²) in [6.07, 6.45) is 0. The molecule has 3 aromatic rings. The van der Waals surface area contributed by atoms with Crippen molar-refractivity contribution in [1.82, 2.24) is 4.37 Å². The molecule has 96 valence electrons. The fourth-order valence-electron chi connectivity index (χ4n) is 2.61. The van der Waals surface area contributed by atoms with Gasteiger partial charge in [-0.05, 0) is 34.4 Å². The number of hydrogen-bond acceptors (Lipinski definition) is 4. The molecule has 0 aliphatic carbocycles. The Labute approximate surface area is 115 Å². The van der Waals surface area contributed by atoms with E-state index in [9.17, 15) is 0 Å². The maximum atomic E-state index is 5.41.